The Morgan fingerprint density at radius 1 is 1.24 bits per heavy atom. The Morgan fingerprint density at radius 2 is 1.97 bits per heavy atom. The summed E-state index contributed by atoms with van der Waals surface area (Å²) in [4.78, 5) is 27.6. The van der Waals surface area contributed by atoms with Gasteiger partial charge in [-0.15, -0.1) is 0 Å². The van der Waals surface area contributed by atoms with E-state index in [1.165, 1.54) is 34.0 Å². The van der Waals surface area contributed by atoms with Gasteiger partial charge in [-0.3, -0.25) is 14.3 Å². The summed E-state index contributed by atoms with van der Waals surface area (Å²) in [5.74, 6) is -0.903. The van der Waals surface area contributed by atoms with Gasteiger partial charge in [-0.25, -0.2) is 0 Å². The summed E-state index contributed by atoms with van der Waals surface area (Å²) in [5.41, 5.74) is 1.76. The van der Waals surface area contributed by atoms with E-state index in [4.69, 9.17) is 5.26 Å². The van der Waals surface area contributed by atoms with Gasteiger partial charge in [0.25, 0.3) is 11.8 Å². The topological polar surface area (TPSA) is 103 Å². The van der Waals surface area contributed by atoms with Crippen molar-refractivity contribution < 1.29 is 22.8 Å². The maximum Gasteiger partial charge on any atom is 0.405 e. The number of halogens is 3. The third kappa shape index (κ3) is 4.71. The van der Waals surface area contributed by atoms with Gasteiger partial charge in [0.1, 0.15) is 12.2 Å². The first-order chi connectivity index (χ1) is 16.2. The number of alkyl halides is 3. The van der Waals surface area contributed by atoms with Gasteiger partial charge in [0.15, 0.2) is 0 Å². The van der Waals surface area contributed by atoms with E-state index in [1.54, 1.807) is 30.3 Å². The van der Waals surface area contributed by atoms with Crippen molar-refractivity contribution in [3.8, 4) is 6.07 Å². The molecule has 1 unspecified atom stereocenters. The highest BCUT2D eigenvalue weighted by atomic mass is 19.4. The van der Waals surface area contributed by atoms with E-state index in [1.807, 2.05) is 13.0 Å². The molecule has 0 radical (unpaired) electrons. The third-order valence-corrected chi connectivity index (χ3v) is 5.28. The Bertz CT molecular complexity index is 1280. The lowest BCUT2D eigenvalue weighted by atomic mass is 10.1. The average molecular weight is 468 g/mol. The van der Waals surface area contributed by atoms with E-state index >= 15 is 0 Å². The summed E-state index contributed by atoms with van der Waals surface area (Å²) in [5, 5.41) is 18.2. The van der Waals surface area contributed by atoms with Crippen LogP contribution in [0.15, 0.2) is 54.7 Å². The number of rotatable bonds is 5. The van der Waals surface area contributed by atoms with E-state index in [9.17, 15) is 22.8 Å². The zero-order valence-electron chi connectivity index (χ0n) is 17.9. The van der Waals surface area contributed by atoms with Gasteiger partial charge in [0.05, 0.1) is 36.1 Å². The molecule has 4 rings (SSSR count). The minimum Gasteiger partial charge on any atom is -0.376 e. The van der Waals surface area contributed by atoms with Crippen molar-refractivity contribution in [3.05, 3.63) is 71.5 Å². The lowest BCUT2D eigenvalue weighted by Crippen LogP contribution is -2.47. The smallest absolute Gasteiger partial charge is 0.376 e. The molecule has 2 heterocycles. The Balaban J connectivity index is 1.55. The standard InChI is InChI=1S/C23H19F3N6O2/c1-14-12-31-20(19(11-29-31)30-21(33)16-4-2-3-15(9-16)10-27)22(34)32(14)18-7-5-17(6-8-18)28-13-23(24,25)26/h2-9,11,14,28H,12-13H2,1H3,(H,30,33). The molecule has 174 valence electrons. The van der Waals surface area contributed by atoms with Crippen molar-refractivity contribution >= 4 is 28.9 Å². The highest BCUT2D eigenvalue weighted by Gasteiger charge is 2.35. The normalized spacial score (nSPS) is 15.4. The monoisotopic (exact) mass is 468 g/mol. The number of hydrogen-bond acceptors (Lipinski definition) is 5. The molecule has 1 aliphatic heterocycles. The van der Waals surface area contributed by atoms with E-state index < -0.39 is 24.5 Å². The summed E-state index contributed by atoms with van der Waals surface area (Å²) in [6, 6.07) is 13.9. The van der Waals surface area contributed by atoms with Crippen LogP contribution < -0.4 is 15.5 Å². The zero-order valence-corrected chi connectivity index (χ0v) is 17.9. The fourth-order valence-corrected chi connectivity index (χ4v) is 3.73. The molecule has 34 heavy (non-hydrogen) atoms. The molecule has 0 saturated heterocycles. The minimum atomic E-state index is -4.34. The van der Waals surface area contributed by atoms with Crippen LogP contribution in [0.2, 0.25) is 0 Å². The molecular formula is C23H19F3N6O2. The molecule has 0 aliphatic carbocycles. The Labute approximate surface area is 192 Å². The number of benzene rings is 2. The lowest BCUT2D eigenvalue weighted by Gasteiger charge is -2.34. The highest BCUT2D eigenvalue weighted by molar-refractivity contribution is 6.13. The predicted molar refractivity (Wildman–Crippen MR) is 119 cm³/mol. The molecule has 0 spiro atoms. The zero-order chi connectivity index (χ0) is 24.5. The van der Waals surface area contributed by atoms with Crippen LogP contribution in [0.5, 0.6) is 0 Å². The number of fused-ring (bicyclic) bond motifs is 1. The summed E-state index contributed by atoms with van der Waals surface area (Å²) in [6.45, 7) is 1.02. The number of nitriles is 1. The van der Waals surface area contributed by atoms with Crippen LogP contribution in [0.4, 0.5) is 30.2 Å². The number of carbonyl (C=O) groups excluding carboxylic acids is 2. The number of nitrogens with zero attached hydrogens (tertiary/aromatic N) is 4. The molecule has 0 bridgehead atoms. The predicted octanol–water partition coefficient (Wildman–Crippen LogP) is 4.03. The van der Waals surface area contributed by atoms with Gasteiger partial charge in [-0.05, 0) is 49.4 Å². The molecule has 11 heteroatoms. The molecular weight excluding hydrogens is 449 g/mol. The van der Waals surface area contributed by atoms with Crippen molar-refractivity contribution in [3.63, 3.8) is 0 Å². The minimum absolute atomic E-state index is 0.183. The molecule has 1 aromatic heterocycles. The summed E-state index contributed by atoms with van der Waals surface area (Å²) in [6.07, 6.45) is -2.95. The van der Waals surface area contributed by atoms with Crippen LogP contribution in [0.25, 0.3) is 0 Å². The fourth-order valence-electron chi connectivity index (χ4n) is 3.73. The number of nitrogens with one attached hydrogen (secondary N) is 2. The number of aromatic nitrogens is 2. The van der Waals surface area contributed by atoms with Crippen molar-refractivity contribution in [1.29, 1.82) is 5.26 Å². The number of carbonyl (C=O) groups is 2. The second kappa shape index (κ2) is 8.90. The SMILES string of the molecule is CC1Cn2ncc(NC(=O)c3cccc(C#N)c3)c2C(=O)N1c1ccc(NCC(F)(F)F)cc1. The van der Waals surface area contributed by atoms with Gasteiger partial charge in [-0.2, -0.15) is 23.5 Å². The molecule has 1 aliphatic rings. The molecule has 3 aromatic rings. The maximum absolute atomic E-state index is 13.4. The van der Waals surface area contributed by atoms with Gasteiger partial charge in [0.2, 0.25) is 0 Å². The quantitative estimate of drug-likeness (QED) is 0.589. The van der Waals surface area contributed by atoms with Crippen LogP contribution in [-0.2, 0) is 6.54 Å². The molecule has 0 fully saturated rings. The number of amides is 2. The second-order valence-corrected chi connectivity index (χ2v) is 7.78. The molecule has 2 N–H and O–H groups in total. The summed E-state index contributed by atoms with van der Waals surface area (Å²) < 4.78 is 38.8. The highest BCUT2D eigenvalue weighted by Crippen LogP contribution is 2.30. The van der Waals surface area contributed by atoms with Crippen LogP contribution >= 0.6 is 0 Å². The van der Waals surface area contributed by atoms with E-state index in [0.717, 1.165) is 0 Å². The third-order valence-electron chi connectivity index (χ3n) is 5.28. The first kappa shape index (κ1) is 22.8. The van der Waals surface area contributed by atoms with Crippen molar-refractivity contribution in [2.24, 2.45) is 0 Å². The van der Waals surface area contributed by atoms with E-state index in [2.05, 4.69) is 15.7 Å². The number of anilines is 3. The molecule has 2 amide bonds. The second-order valence-electron chi connectivity index (χ2n) is 7.78. The fraction of sp³-hybridized carbons (Fsp3) is 0.217. The number of hydrogen-bond donors (Lipinski definition) is 2. The van der Waals surface area contributed by atoms with Crippen LogP contribution in [0.1, 0.15) is 33.3 Å². The molecule has 1 atom stereocenters. The van der Waals surface area contributed by atoms with Crippen LogP contribution in [0, 0.1) is 11.3 Å². The average Bonchev–Trinajstić information content (AvgIpc) is 3.20. The van der Waals surface area contributed by atoms with Gasteiger partial charge in [-0.1, -0.05) is 6.07 Å². The van der Waals surface area contributed by atoms with Crippen molar-refractivity contribution in [1.82, 2.24) is 9.78 Å². The first-order valence-electron chi connectivity index (χ1n) is 10.3. The van der Waals surface area contributed by atoms with Crippen LogP contribution in [0.3, 0.4) is 0 Å². The van der Waals surface area contributed by atoms with E-state index in [0.29, 0.717) is 17.8 Å². The summed E-state index contributed by atoms with van der Waals surface area (Å²) in [7, 11) is 0. The van der Waals surface area contributed by atoms with Gasteiger partial charge in [0, 0.05) is 16.9 Å². The molecule has 0 saturated carbocycles. The lowest BCUT2D eigenvalue weighted by molar-refractivity contribution is -0.115. The molecule has 2 aromatic carbocycles. The largest absolute Gasteiger partial charge is 0.405 e. The van der Waals surface area contributed by atoms with Crippen molar-refractivity contribution in [2.75, 3.05) is 22.1 Å². The molecule has 8 nitrogen and oxygen atoms in total. The van der Waals surface area contributed by atoms with Gasteiger partial charge >= 0.3 is 6.18 Å². The van der Waals surface area contributed by atoms with Crippen LogP contribution in [-0.4, -0.2) is 40.4 Å². The first-order valence-corrected chi connectivity index (χ1v) is 10.3. The van der Waals surface area contributed by atoms with E-state index in [-0.39, 0.29) is 28.7 Å². The Morgan fingerprint density at radius 3 is 2.65 bits per heavy atom. The maximum atomic E-state index is 13.4. The summed E-state index contributed by atoms with van der Waals surface area (Å²) >= 11 is 0. The Kier molecular flexibility index (Phi) is 5.98. The van der Waals surface area contributed by atoms with Gasteiger partial charge < -0.3 is 15.5 Å². The van der Waals surface area contributed by atoms with Crippen molar-refractivity contribution in [2.45, 2.75) is 25.7 Å². The Hall–Kier alpha value is -4.33.